The molecule has 8 heteroatoms. The zero-order chi connectivity index (χ0) is 22.4. The van der Waals surface area contributed by atoms with Gasteiger partial charge in [-0.1, -0.05) is 30.3 Å². The molecule has 0 aliphatic rings. The van der Waals surface area contributed by atoms with E-state index < -0.39 is 17.7 Å². The molecule has 1 aromatic heterocycles. The predicted octanol–water partition coefficient (Wildman–Crippen LogP) is 3.24. The van der Waals surface area contributed by atoms with Crippen LogP contribution in [-0.4, -0.2) is 33.2 Å². The Morgan fingerprint density at radius 3 is 2.32 bits per heavy atom. The Bertz CT molecular complexity index is 1080. The molecule has 0 spiro atoms. The van der Waals surface area contributed by atoms with Crippen molar-refractivity contribution in [2.45, 2.75) is 38.8 Å². The Labute approximate surface area is 180 Å². The molecule has 0 saturated heterocycles. The number of rotatable bonds is 6. The molecule has 8 nitrogen and oxygen atoms in total. The number of ether oxygens (including phenoxy) is 1. The molecule has 0 saturated carbocycles. The lowest BCUT2D eigenvalue weighted by Crippen LogP contribution is -2.47. The highest BCUT2D eigenvalue weighted by Crippen LogP contribution is 2.14. The summed E-state index contributed by atoms with van der Waals surface area (Å²) in [6.07, 6.45) is 2.82. The molecule has 0 fully saturated rings. The average Bonchev–Trinajstić information content (AvgIpc) is 3.13. The molecule has 31 heavy (non-hydrogen) atoms. The topological polar surface area (TPSA) is 105 Å². The van der Waals surface area contributed by atoms with Crippen molar-refractivity contribution in [1.29, 1.82) is 0 Å². The summed E-state index contributed by atoms with van der Waals surface area (Å²) < 4.78 is 6.76. The van der Waals surface area contributed by atoms with Crippen LogP contribution in [0.4, 0.5) is 10.5 Å². The van der Waals surface area contributed by atoms with Crippen LogP contribution in [0.25, 0.3) is 5.69 Å². The van der Waals surface area contributed by atoms with Crippen LogP contribution < -0.4 is 16.3 Å². The number of benzene rings is 2. The maximum atomic E-state index is 12.9. The Balaban J connectivity index is 1.73. The summed E-state index contributed by atoms with van der Waals surface area (Å²) in [5.74, 6) is -0.374. The molecule has 1 heterocycles. The van der Waals surface area contributed by atoms with Gasteiger partial charge in [-0.2, -0.15) is 0 Å². The predicted molar refractivity (Wildman–Crippen MR) is 118 cm³/mol. The minimum Gasteiger partial charge on any atom is -0.444 e. The summed E-state index contributed by atoms with van der Waals surface area (Å²) >= 11 is 0. The lowest BCUT2D eigenvalue weighted by atomic mass is 10.1. The molecule has 3 rings (SSSR count). The summed E-state index contributed by atoms with van der Waals surface area (Å²) in [4.78, 5) is 39.5. The number of imidazole rings is 1. The second kappa shape index (κ2) is 9.34. The molecule has 1 atom stereocenters. The number of alkyl carbamates (subject to hydrolysis) is 1. The summed E-state index contributed by atoms with van der Waals surface area (Å²) in [5, 5.41) is 5.47. The highest BCUT2D eigenvalue weighted by Gasteiger charge is 2.25. The van der Waals surface area contributed by atoms with Crippen molar-refractivity contribution in [2.24, 2.45) is 0 Å². The number of H-pyrrole nitrogens is 1. The van der Waals surface area contributed by atoms with E-state index in [-0.39, 0.29) is 11.6 Å². The number of hydrogen-bond acceptors (Lipinski definition) is 4. The summed E-state index contributed by atoms with van der Waals surface area (Å²) in [6, 6.07) is 15.4. The number of aromatic nitrogens is 2. The first-order valence-electron chi connectivity index (χ1n) is 9.92. The second-order valence-electron chi connectivity index (χ2n) is 8.06. The van der Waals surface area contributed by atoms with E-state index in [4.69, 9.17) is 4.74 Å². The van der Waals surface area contributed by atoms with Gasteiger partial charge >= 0.3 is 11.8 Å². The van der Waals surface area contributed by atoms with E-state index in [1.807, 2.05) is 30.3 Å². The smallest absolute Gasteiger partial charge is 0.408 e. The van der Waals surface area contributed by atoms with Gasteiger partial charge in [-0.15, -0.1) is 0 Å². The Hall–Kier alpha value is -3.81. The van der Waals surface area contributed by atoms with E-state index in [1.54, 1.807) is 57.4 Å². The first-order valence-corrected chi connectivity index (χ1v) is 9.92. The van der Waals surface area contributed by atoms with Crippen molar-refractivity contribution in [1.82, 2.24) is 14.9 Å². The van der Waals surface area contributed by atoms with Gasteiger partial charge in [-0.3, -0.25) is 9.36 Å². The van der Waals surface area contributed by atoms with E-state index in [2.05, 4.69) is 15.6 Å². The largest absolute Gasteiger partial charge is 0.444 e. The highest BCUT2D eigenvalue weighted by atomic mass is 16.6. The van der Waals surface area contributed by atoms with Crippen LogP contribution >= 0.6 is 0 Å². The van der Waals surface area contributed by atoms with E-state index in [0.717, 1.165) is 5.56 Å². The zero-order valence-electron chi connectivity index (χ0n) is 17.7. The number of carbonyl (C=O) groups excluding carboxylic acids is 2. The molecule has 2 aromatic carbocycles. The fraction of sp³-hybridized carbons (Fsp3) is 0.261. The summed E-state index contributed by atoms with van der Waals surface area (Å²) in [6.45, 7) is 5.28. The van der Waals surface area contributed by atoms with Gasteiger partial charge in [0.2, 0.25) is 5.91 Å². The van der Waals surface area contributed by atoms with Crippen molar-refractivity contribution >= 4 is 17.7 Å². The zero-order valence-corrected chi connectivity index (χ0v) is 17.7. The summed E-state index contributed by atoms with van der Waals surface area (Å²) in [5.41, 5.74) is 1.18. The molecule has 162 valence electrons. The van der Waals surface area contributed by atoms with Gasteiger partial charge in [-0.05, 0) is 50.6 Å². The van der Waals surface area contributed by atoms with Crippen molar-refractivity contribution in [3.05, 3.63) is 83.0 Å². The number of amides is 2. The van der Waals surface area contributed by atoms with Crippen LogP contribution in [0.2, 0.25) is 0 Å². The fourth-order valence-corrected chi connectivity index (χ4v) is 2.97. The SMILES string of the molecule is CC(C)(C)OC(=O)N[C@@H](Cc1ccccc1)C(=O)Nc1ccc(-n2cc[nH]c2=O)cc1. The van der Waals surface area contributed by atoms with E-state index in [9.17, 15) is 14.4 Å². The first-order chi connectivity index (χ1) is 14.7. The quantitative estimate of drug-likeness (QED) is 0.567. The molecule has 0 aliphatic heterocycles. The third-order valence-electron chi connectivity index (χ3n) is 4.35. The molecule has 0 radical (unpaired) electrons. The number of nitrogens with zero attached hydrogens (tertiary/aromatic N) is 1. The number of anilines is 1. The molecule has 3 N–H and O–H groups in total. The fourth-order valence-electron chi connectivity index (χ4n) is 2.97. The lowest BCUT2D eigenvalue weighted by molar-refractivity contribution is -0.118. The standard InChI is InChI=1S/C23H26N4O4/c1-23(2,3)31-22(30)26-19(15-16-7-5-4-6-8-16)20(28)25-17-9-11-18(12-10-17)27-14-13-24-21(27)29/h4-14,19H,15H2,1-3H3,(H,24,29)(H,25,28)(H,26,30)/t19-/m0/s1. The molecule has 0 unspecified atom stereocenters. The highest BCUT2D eigenvalue weighted by molar-refractivity contribution is 5.96. The van der Waals surface area contributed by atoms with Gasteiger partial charge in [0, 0.05) is 24.5 Å². The second-order valence-corrected chi connectivity index (χ2v) is 8.06. The van der Waals surface area contributed by atoms with E-state index >= 15 is 0 Å². The Kier molecular flexibility index (Phi) is 6.59. The van der Waals surface area contributed by atoms with Gasteiger partial charge in [0.15, 0.2) is 0 Å². The van der Waals surface area contributed by atoms with E-state index in [1.165, 1.54) is 4.57 Å². The maximum absolute atomic E-state index is 12.9. The van der Waals surface area contributed by atoms with Crippen molar-refractivity contribution < 1.29 is 14.3 Å². The Morgan fingerprint density at radius 2 is 1.74 bits per heavy atom. The van der Waals surface area contributed by atoms with Crippen molar-refractivity contribution in [3.8, 4) is 5.69 Å². The number of carbonyl (C=O) groups is 2. The van der Waals surface area contributed by atoms with E-state index in [0.29, 0.717) is 17.8 Å². The summed E-state index contributed by atoms with van der Waals surface area (Å²) in [7, 11) is 0. The van der Waals surface area contributed by atoms with Gasteiger partial charge < -0.3 is 20.4 Å². The van der Waals surface area contributed by atoms with Gasteiger partial charge in [0.05, 0.1) is 5.69 Å². The first kappa shape index (κ1) is 21.9. The third-order valence-corrected chi connectivity index (χ3v) is 4.35. The van der Waals surface area contributed by atoms with Crippen molar-refractivity contribution in [3.63, 3.8) is 0 Å². The molecule has 0 bridgehead atoms. The van der Waals surface area contributed by atoms with Crippen molar-refractivity contribution in [2.75, 3.05) is 5.32 Å². The molecular formula is C23H26N4O4. The van der Waals surface area contributed by atoms with Crippen LogP contribution in [0.15, 0.2) is 71.8 Å². The minimum atomic E-state index is -0.829. The molecule has 0 aliphatic carbocycles. The maximum Gasteiger partial charge on any atom is 0.408 e. The molecule has 3 aromatic rings. The van der Waals surface area contributed by atoms with Crippen LogP contribution in [0.1, 0.15) is 26.3 Å². The monoisotopic (exact) mass is 422 g/mol. The number of hydrogen-bond donors (Lipinski definition) is 3. The van der Waals surface area contributed by atoms with Gasteiger partial charge in [0.1, 0.15) is 11.6 Å². The van der Waals surface area contributed by atoms with Crippen LogP contribution in [0, 0.1) is 0 Å². The normalized spacial score (nSPS) is 12.1. The van der Waals surface area contributed by atoms with Gasteiger partial charge in [-0.25, -0.2) is 9.59 Å². The molecular weight excluding hydrogens is 396 g/mol. The molecule has 2 amide bonds. The van der Waals surface area contributed by atoms with Crippen LogP contribution in [0.5, 0.6) is 0 Å². The number of nitrogens with one attached hydrogen (secondary N) is 3. The number of aromatic amines is 1. The third kappa shape index (κ3) is 6.33. The lowest BCUT2D eigenvalue weighted by Gasteiger charge is -2.23. The average molecular weight is 422 g/mol. The minimum absolute atomic E-state index is 0.249. The van der Waals surface area contributed by atoms with Gasteiger partial charge in [0.25, 0.3) is 0 Å². The Morgan fingerprint density at radius 1 is 1.06 bits per heavy atom. The van der Waals surface area contributed by atoms with Crippen LogP contribution in [-0.2, 0) is 16.0 Å². The van der Waals surface area contributed by atoms with Crippen LogP contribution in [0.3, 0.4) is 0 Å².